The van der Waals surface area contributed by atoms with Crippen molar-refractivity contribution in [1.29, 1.82) is 0 Å². The second-order valence-corrected chi connectivity index (χ2v) is 9.84. The first kappa shape index (κ1) is 19.3. The van der Waals surface area contributed by atoms with E-state index < -0.39 is 7.26 Å². The van der Waals surface area contributed by atoms with E-state index in [4.69, 9.17) is 4.98 Å². The summed E-state index contributed by atoms with van der Waals surface area (Å²) in [6, 6.07) is 27.9. The van der Waals surface area contributed by atoms with Crippen LogP contribution in [0.2, 0.25) is 0 Å². The highest BCUT2D eigenvalue weighted by Gasteiger charge is 2.53. The number of benzene rings is 2. The van der Waals surface area contributed by atoms with Crippen molar-refractivity contribution < 1.29 is 12.4 Å². The maximum Gasteiger partial charge on any atom is 0.193 e. The van der Waals surface area contributed by atoms with Crippen LogP contribution < -0.4 is 28.5 Å². The fraction of sp³-hybridized carbons (Fsp3) is 0.0417. The Hall–Kier alpha value is -2.47. The van der Waals surface area contributed by atoms with E-state index in [1.54, 1.807) is 0 Å². The van der Waals surface area contributed by atoms with E-state index in [1.807, 2.05) is 12.3 Å². The molecular formula is C24H21ClNP. The lowest BCUT2D eigenvalue weighted by Gasteiger charge is -2.33. The molecule has 0 N–H and O–H groups in total. The minimum Gasteiger partial charge on any atom is -1.00 e. The summed E-state index contributed by atoms with van der Waals surface area (Å²) in [5.41, 5.74) is 2.48. The molecule has 4 rings (SSSR count). The van der Waals surface area contributed by atoms with Crippen LogP contribution in [0.15, 0.2) is 122 Å². The number of halogens is 1. The van der Waals surface area contributed by atoms with E-state index in [0.29, 0.717) is 0 Å². The number of pyridine rings is 1. The van der Waals surface area contributed by atoms with Crippen LogP contribution >= 0.6 is 7.26 Å². The summed E-state index contributed by atoms with van der Waals surface area (Å²) in [5, 5.41) is 2.66. The van der Waals surface area contributed by atoms with Crippen LogP contribution in [0.4, 0.5) is 0 Å². The first-order valence-corrected chi connectivity index (χ1v) is 10.6. The van der Waals surface area contributed by atoms with Crippen LogP contribution in [-0.4, -0.2) is 10.6 Å². The van der Waals surface area contributed by atoms with Gasteiger partial charge in [-0.05, 0) is 42.0 Å². The molecule has 1 atom stereocenters. The van der Waals surface area contributed by atoms with Gasteiger partial charge >= 0.3 is 0 Å². The molecular weight excluding hydrogens is 369 g/mol. The van der Waals surface area contributed by atoms with Crippen LogP contribution in [-0.2, 0) is 0 Å². The van der Waals surface area contributed by atoms with Gasteiger partial charge in [-0.25, -0.2) is 4.98 Å². The molecule has 0 saturated heterocycles. The van der Waals surface area contributed by atoms with Gasteiger partial charge in [-0.2, -0.15) is 0 Å². The third-order valence-corrected chi connectivity index (χ3v) is 9.40. The molecule has 1 aliphatic rings. The zero-order valence-corrected chi connectivity index (χ0v) is 16.6. The molecule has 0 aliphatic heterocycles. The van der Waals surface area contributed by atoms with Crippen molar-refractivity contribution in [3.63, 3.8) is 0 Å². The Morgan fingerprint density at radius 2 is 1.33 bits per heavy atom. The number of hydrogen-bond donors (Lipinski definition) is 0. The highest BCUT2D eigenvalue weighted by atomic mass is 35.5. The van der Waals surface area contributed by atoms with Crippen molar-refractivity contribution in [3.8, 4) is 0 Å². The first-order chi connectivity index (χ1) is 12.8. The normalized spacial score (nSPS) is 16.0. The molecule has 0 amide bonds. The Labute approximate surface area is 167 Å². The molecule has 0 spiro atoms. The van der Waals surface area contributed by atoms with Crippen LogP contribution in [0.25, 0.3) is 0 Å². The predicted molar refractivity (Wildman–Crippen MR) is 114 cm³/mol. The van der Waals surface area contributed by atoms with E-state index in [2.05, 4.69) is 104 Å². The first-order valence-electron chi connectivity index (χ1n) is 8.79. The molecule has 0 saturated carbocycles. The smallest absolute Gasteiger partial charge is 0.193 e. The zero-order valence-electron chi connectivity index (χ0n) is 14.9. The molecule has 3 heteroatoms. The summed E-state index contributed by atoms with van der Waals surface area (Å²) in [7, 11) is -2.03. The van der Waals surface area contributed by atoms with Gasteiger partial charge < -0.3 is 12.4 Å². The Morgan fingerprint density at radius 1 is 0.741 bits per heavy atom. The van der Waals surface area contributed by atoms with Crippen LogP contribution in [0.3, 0.4) is 0 Å². The minimum absolute atomic E-state index is 0. The lowest BCUT2D eigenvalue weighted by atomic mass is 10.1. The second-order valence-electron chi connectivity index (χ2n) is 6.35. The molecule has 0 radical (unpaired) electrons. The molecule has 1 unspecified atom stereocenters. The number of allylic oxidation sites excluding steroid dienone is 5. The van der Waals surface area contributed by atoms with Gasteiger partial charge in [-0.3, -0.25) is 0 Å². The molecule has 0 fully saturated rings. The number of nitrogens with zero attached hydrogens (tertiary/aromatic N) is 1. The Balaban J connectivity index is 0.00000210. The summed E-state index contributed by atoms with van der Waals surface area (Å²) in [6.45, 7) is 4.40. The van der Waals surface area contributed by atoms with E-state index in [1.165, 1.54) is 10.6 Å². The molecule has 3 aromatic rings. The summed E-state index contributed by atoms with van der Waals surface area (Å²) in [5.74, 6) is 0. The highest BCUT2D eigenvalue weighted by molar-refractivity contribution is 7.96. The zero-order chi connectivity index (χ0) is 17.8. The van der Waals surface area contributed by atoms with Crippen molar-refractivity contribution in [2.45, 2.75) is 5.66 Å². The molecule has 1 aromatic heterocycles. The van der Waals surface area contributed by atoms with Crippen molar-refractivity contribution >= 4 is 23.3 Å². The largest absolute Gasteiger partial charge is 1.00 e. The Bertz CT molecular complexity index is 853. The standard InChI is InChI=1S/C24H21NP.ClH/c1-20-12-8-9-17-23(20)26(21-13-4-2-5-14-21,22-15-6-3-7-16-22)24-18-10-11-19-25-24;/h2-19,23H,1H2;1H/q+1;/p-1. The molecule has 1 aliphatic carbocycles. The monoisotopic (exact) mass is 389 g/mol. The Kier molecular flexibility index (Phi) is 6.06. The molecule has 27 heavy (non-hydrogen) atoms. The summed E-state index contributed by atoms with van der Waals surface area (Å²) >= 11 is 0. The topological polar surface area (TPSA) is 12.9 Å². The number of rotatable bonds is 4. The van der Waals surface area contributed by atoms with E-state index in [0.717, 1.165) is 11.0 Å². The summed E-state index contributed by atoms with van der Waals surface area (Å²) in [4.78, 5) is 4.86. The SMILES string of the molecule is C=C1C=CC=CC1[P+](c1ccccc1)(c1ccccc1)c1ccccn1.[Cl-]. The highest BCUT2D eigenvalue weighted by Crippen LogP contribution is 2.62. The molecule has 0 bridgehead atoms. The van der Waals surface area contributed by atoms with E-state index >= 15 is 0 Å². The fourth-order valence-corrected chi connectivity index (χ4v) is 8.27. The van der Waals surface area contributed by atoms with Gasteiger partial charge in [0.2, 0.25) is 0 Å². The van der Waals surface area contributed by atoms with E-state index in [-0.39, 0.29) is 18.1 Å². The average molecular weight is 390 g/mol. The van der Waals surface area contributed by atoms with Gasteiger partial charge in [0.1, 0.15) is 23.5 Å². The quantitative estimate of drug-likeness (QED) is 0.615. The molecule has 134 valence electrons. The van der Waals surface area contributed by atoms with Crippen molar-refractivity contribution in [2.24, 2.45) is 0 Å². The van der Waals surface area contributed by atoms with Gasteiger partial charge in [-0.15, -0.1) is 0 Å². The van der Waals surface area contributed by atoms with Crippen molar-refractivity contribution in [1.82, 2.24) is 4.98 Å². The van der Waals surface area contributed by atoms with Gasteiger partial charge in [0.05, 0.1) is 0 Å². The third kappa shape index (κ3) is 3.41. The third-order valence-electron chi connectivity index (χ3n) is 4.85. The average Bonchev–Trinajstić information content (AvgIpc) is 2.72. The lowest BCUT2D eigenvalue weighted by Crippen LogP contribution is -3.00. The predicted octanol–water partition coefficient (Wildman–Crippen LogP) is 1.43. The van der Waals surface area contributed by atoms with Crippen LogP contribution in [0.5, 0.6) is 0 Å². The number of hydrogen-bond acceptors (Lipinski definition) is 1. The lowest BCUT2D eigenvalue weighted by molar-refractivity contribution is -0.00000502. The van der Waals surface area contributed by atoms with Crippen molar-refractivity contribution in [3.05, 3.63) is 122 Å². The van der Waals surface area contributed by atoms with Crippen LogP contribution in [0.1, 0.15) is 0 Å². The van der Waals surface area contributed by atoms with Gasteiger partial charge in [0, 0.05) is 12.3 Å². The minimum atomic E-state index is -2.03. The summed E-state index contributed by atoms with van der Waals surface area (Å²) in [6.07, 6.45) is 10.5. The summed E-state index contributed by atoms with van der Waals surface area (Å²) < 4.78 is 0. The fourth-order valence-electron chi connectivity index (χ4n) is 3.71. The Morgan fingerprint density at radius 3 is 1.85 bits per heavy atom. The molecule has 2 aromatic carbocycles. The number of aromatic nitrogens is 1. The molecule has 1 nitrogen and oxygen atoms in total. The second kappa shape index (κ2) is 8.48. The van der Waals surface area contributed by atoms with Gasteiger partial charge in [0.15, 0.2) is 5.44 Å². The maximum atomic E-state index is 4.86. The van der Waals surface area contributed by atoms with E-state index in [9.17, 15) is 0 Å². The van der Waals surface area contributed by atoms with Gasteiger partial charge in [0.25, 0.3) is 0 Å². The molecule has 1 heterocycles. The van der Waals surface area contributed by atoms with Gasteiger partial charge in [-0.1, -0.05) is 67.3 Å². The van der Waals surface area contributed by atoms with Crippen molar-refractivity contribution in [2.75, 3.05) is 0 Å². The maximum absolute atomic E-state index is 4.86. The van der Waals surface area contributed by atoms with Crippen LogP contribution in [0, 0.1) is 0 Å².